The second-order valence-electron chi connectivity index (χ2n) is 3.99. The number of hydrazine groups is 1. The van der Waals surface area contributed by atoms with Crippen LogP contribution in [0.25, 0.3) is 11.1 Å². The van der Waals surface area contributed by atoms with Gasteiger partial charge >= 0.3 is 0 Å². The molecule has 0 aliphatic heterocycles. The molecule has 0 fully saturated rings. The lowest BCUT2D eigenvalue weighted by atomic mass is 10.1. The number of rotatable bonds is 4. The van der Waals surface area contributed by atoms with Crippen molar-refractivity contribution >= 4 is 16.5 Å². The molecule has 19 heavy (non-hydrogen) atoms. The molecular weight excluding hydrogens is 260 g/mol. The van der Waals surface area contributed by atoms with Crippen molar-refractivity contribution < 1.29 is 0 Å². The van der Waals surface area contributed by atoms with Gasteiger partial charge in [0.1, 0.15) is 10.7 Å². The van der Waals surface area contributed by atoms with Crippen LogP contribution in [0, 0.1) is 0 Å². The quantitative estimate of drug-likeness (QED) is 0.558. The molecule has 0 saturated carbocycles. The summed E-state index contributed by atoms with van der Waals surface area (Å²) in [5.74, 6) is 5.40. The third kappa shape index (κ3) is 2.47. The normalized spacial score (nSPS) is 10.6. The molecular formula is C12H12N6S. The topological polar surface area (TPSA) is 81.6 Å². The highest BCUT2D eigenvalue weighted by Crippen LogP contribution is 2.20. The zero-order valence-corrected chi connectivity index (χ0v) is 10.8. The van der Waals surface area contributed by atoms with Gasteiger partial charge in [0.15, 0.2) is 0 Å². The maximum atomic E-state index is 5.40. The maximum Gasteiger partial charge on any atom is 0.149 e. The minimum Gasteiger partial charge on any atom is -0.313 e. The lowest BCUT2D eigenvalue weighted by molar-refractivity contribution is 0.671. The van der Waals surface area contributed by atoms with Gasteiger partial charge in [-0.3, -0.25) is 4.68 Å². The van der Waals surface area contributed by atoms with E-state index in [4.69, 9.17) is 5.84 Å². The smallest absolute Gasteiger partial charge is 0.149 e. The summed E-state index contributed by atoms with van der Waals surface area (Å²) in [6.07, 6.45) is 3.82. The lowest BCUT2D eigenvalue weighted by Crippen LogP contribution is -2.09. The molecule has 0 aliphatic carbocycles. The van der Waals surface area contributed by atoms with Crippen LogP contribution in [0.1, 0.15) is 5.69 Å². The number of nitrogens with two attached hydrogens (primary N) is 1. The van der Waals surface area contributed by atoms with Crippen molar-refractivity contribution in [3.8, 4) is 11.1 Å². The van der Waals surface area contributed by atoms with E-state index in [0.29, 0.717) is 6.54 Å². The fourth-order valence-electron chi connectivity index (χ4n) is 1.80. The Kier molecular flexibility index (Phi) is 3.21. The Labute approximate surface area is 114 Å². The van der Waals surface area contributed by atoms with Crippen molar-refractivity contribution in [3.05, 3.63) is 48.4 Å². The van der Waals surface area contributed by atoms with Gasteiger partial charge in [0.05, 0.1) is 12.7 Å². The standard InChI is InChI=1S/C12H12N6S/c13-15-12-11(16-17-19-12)8-18-7-10(6-14-18)9-4-2-1-3-5-9/h1-7,15H,8,13H2. The van der Waals surface area contributed by atoms with Gasteiger partial charge in [0.25, 0.3) is 0 Å². The Morgan fingerprint density at radius 3 is 2.84 bits per heavy atom. The van der Waals surface area contributed by atoms with E-state index in [9.17, 15) is 0 Å². The van der Waals surface area contributed by atoms with Gasteiger partial charge in [-0.05, 0) is 5.56 Å². The monoisotopic (exact) mass is 272 g/mol. The Bertz CT molecular complexity index is 660. The van der Waals surface area contributed by atoms with E-state index in [1.165, 1.54) is 11.5 Å². The Morgan fingerprint density at radius 2 is 2.05 bits per heavy atom. The first-order valence-electron chi connectivity index (χ1n) is 5.72. The van der Waals surface area contributed by atoms with Gasteiger partial charge in [0.2, 0.25) is 0 Å². The fraction of sp³-hybridized carbons (Fsp3) is 0.0833. The van der Waals surface area contributed by atoms with Crippen LogP contribution >= 0.6 is 11.5 Å². The number of nitrogens with one attached hydrogen (secondary N) is 1. The number of anilines is 1. The molecule has 7 heteroatoms. The minimum atomic E-state index is 0.545. The number of nitrogens with zero attached hydrogens (tertiary/aromatic N) is 4. The van der Waals surface area contributed by atoms with Crippen molar-refractivity contribution in [2.45, 2.75) is 6.54 Å². The van der Waals surface area contributed by atoms with E-state index in [2.05, 4.69) is 32.2 Å². The van der Waals surface area contributed by atoms with Crippen LogP contribution in [0.5, 0.6) is 0 Å². The largest absolute Gasteiger partial charge is 0.313 e. The molecule has 0 amide bonds. The molecule has 96 valence electrons. The number of nitrogen functional groups attached to an aromatic ring is 1. The molecule has 3 rings (SSSR count). The summed E-state index contributed by atoms with van der Waals surface area (Å²) in [4.78, 5) is 0. The first-order chi connectivity index (χ1) is 9.36. The molecule has 2 aromatic heterocycles. The summed E-state index contributed by atoms with van der Waals surface area (Å²) in [6.45, 7) is 0.545. The van der Waals surface area contributed by atoms with Crippen LogP contribution in [-0.4, -0.2) is 19.4 Å². The Morgan fingerprint density at radius 1 is 1.21 bits per heavy atom. The van der Waals surface area contributed by atoms with Crippen molar-refractivity contribution in [3.63, 3.8) is 0 Å². The summed E-state index contributed by atoms with van der Waals surface area (Å²) in [5, 5.41) is 9.12. The summed E-state index contributed by atoms with van der Waals surface area (Å²) in [6, 6.07) is 10.1. The molecule has 0 unspecified atom stereocenters. The van der Waals surface area contributed by atoms with Crippen LogP contribution in [0.2, 0.25) is 0 Å². The highest BCUT2D eigenvalue weighted by Gasteiger charge is 2.08. The van der Waals surface area contributed by atoms with E-state index < -0.39 is 0 Å². The fourth-order valence-corrected chi connectivity index (χ4v) is 2.29. The molecule has 3 N–H and O–H groups in total. The Balaban J connectivity index is 1.82. The minimum absolute atomic E-state index is 0.545. The third-order valence-electron chi connectivity index (χ3n) is 2.74. The van der Waals surface area contributed by atoms with Crippen LogP contribution in [0.3, 0.4) is 0 Å². The second kappa shape index (κ2) is 5.17. The van der Waals surface area contributed by atoms with Crippen LogP contribution in [0.15, 0.2) is 42.7 Å². The molecule has 0 bridgehead atoms. The molecule has 0 radical (unpaired) electrons. The highest BCUT2D eigenvalue weighted by atomic mass is 32.1. The van der Waals surface area contributed by atoms with Gasteiger partial charge in [-0.1, -0.05) is 34.8 Å². The number of hydrogen-bond donors (Lipinski definition) is 2. The Hall–Kier alpha value is -2.25. The van der Waals surface area contributed by atoms with Crippen molar-refractivity contribution in [1.29, 1.82) is 0 Å². The van der Waals surface area contributed by atoms with Crippen LogP contribution in [-0.2, 0) is 6.54 Å². The molecule has 6 nitrogen and oxygen atoms in total. The predicted octanol–water partition coefficient (Wildman–Crippen LogP) is 1.74. The second-order valence-corrected chi connectivity index (χ2v) is 4.74. The van der Waals surface area contributed by atoms with E-state index in [1.54, 1.807) is 0 Å². The van der Waals surface area contributed by atoms with Crippen LogP contribution < -0.4 is 11.3 Å². The number of benzene rings is 1. The highest BCUT2D eigenvalue weighted by molar-refractivity contribution is 7.10. The SMILES string of the molecule is NNc1snnc1Cn1cc(-c2ccccc2)cn1. The first-order valence-corrected chi connectivity index (χ1v) is 6.50. The molecule has 0 atom stereocenters. The average Bonchev–Trinajstić information content (AvgIpc) is 3.09. The predicted molar refractivity (Wildman–Crippen MR) is 74.5 cm³/mol. The van der Waals surface area contributed by atoms with E-state index in [0.717, 1.165) is 21.8 Å². The summed E-state index contributed by atoms with van der Waals surface area (Å²) in [5.41, 5.74) is 5.59. The van der Waals surface area contributed by atoms with E-state index >= 15 is 0 Å². The lowest BCUT2D eigenvalue weighted by Gasteiger charge is -2.00. The van der Waals surface area contributed by atoms with Crippen molar-refractivity contribution in [2.24, 2.45) is 5.84 Å². The van der Waals surface area contributed by atoms with Gasteiger partial charge in [-0.25, -0.2) is 5.84 Å². The third-order valence-corrected chi connectivity index (χ3v) is 3.44. The van der Waals surface area contributed by atoms with Gasteiger partial charge < -0.3 is 5.43 Å². The molecule has 0 aliphatic rings. The van der Waals surface area contributed by atoms with Gasteiger partial charge in [-0.15, -0.1) is 5.10 Å². The zero-order chi connectivity index (χ0) is 13.1. The van der Waals surface area contributed by atoms with E-state index in [1.807, 2.05) is 35.3 Å². The van der Waals surface area contributed by atoms with Gasteiger partial charge in [0, 0.05) is 23.3 Å². The summed E-state index contributed by atoms with van der Waals surface area (Å²) >= 11 is 1.23. The summed E-state index contributed by atoms with van der Waals surface area (Å²) in [7, 11) is 0. The number of aromatic nitrogens is 4. The average molecular weight is 272 g/mol. The summed E-state index contributed by atoms with van der Waals surface area (Å²) < 4.78 is 5.68. The van der Waals surface area contributed by atoms with Crippen molar-refractivity contribution in [1.82, 2.24) is 19.4 Å². The maximum absolute atomic E-state index is 5.40. The zero-order valence-electron chi connectivity index (χ0n) is 10.0. The van der Waals surface area contributed by atoms with E-state index in [-0.39, 0.29) is 0 Å². The number of hydrogen-bond acceptors (Lipinski definition) is 6. The molecule has 0 spiro atoms. The van der Waals surface area contributed by atoms with Gasteiger partial charge in [-0.2, -0.15) is 5.10 Å². The van der Waals surface area contributed by atoms with Crippen molar-refractivity contribution in [2.75, 3.05) is 5.43 Å². The molecule has 2 heterocycles. The molecule has 1 aromatic carbocycles. The molecule has 3 aromatic rings. The molecule has 0 saturated heterocycles. The first kappa shape index (κ1) is 11.8. The van der Waals surface area contributed by atoms with Crippen LogP contribution in [0.4, 0.5) is 5.00 Å².